The van der Waals surface area contributed by atoms with E-state index in [1.807, 2.05) is 0 Å². The normalized spacial score (nSPS) is 22.8. The van der Waals surface area contributed by atoms with E-state index < -0.39 is 6.17 Å². The summed E-state index contributed by atoms with van der Waals surface area (Å²) >= 11 is 1.65. The van der Waals surface area contributed by atoms with Gasteiger partial charge in [-0.3, -0.25) is 4.79 Å². The first-order valence-electron chi connectivity index (χ1n) is 7.97. The van der Waals surface area contributed by atoms with Gasteiger partial charge in [-0.1, -0.05) is 18.2 Å². The summed E-state index contributed by atoms with van der Waals surface area (Å²) in [4.78, 5) is 15.4. The fourth-order valence-electron chi connectivity index (χ4n) is 3.42. The molecule has 4 rings (SSSR count). The highest BCUT2D eigenvalue weighted by Crippen LogP contribution is 2.39. The molecule has 1 amide bonds. The Labute approximate surface area is 138 Å². The number of anilines is 1. The quantitative estimate of drug-likeness (QED) is 0.784. The number of rotatable bonds is 2. The average Bonchev–Trinajstić information content (AvgIpc) is 2.92. The Morgan fingerprint density at radius 3 is 2.96 bits per heavy atom. The molecule has 1 aromatic heterocycles. The monoisotopic (exact) mass is 332 g/mol. The lowest BCUT2D eigenvalue weighted by molar-refractivity contribution is -0.913. The number of carbonyl (C=O) groups is 1. The van der Waals surface area contributed by atoms with Crippen molar-refractivity contribution < 1.29 is 14.1 Å². The fraction of sp³-hybridized carbons (Fsp3) is 0.353. The number of fused-ring (bicyclic) bond motifs is 3. The summed E-state index contributed by atoms with van der Waals surface area (Å²) in [5, 5.41) is 7.09. The molecule has 3 heterocycles. The van der Waals surface area contributed by atoms with Gasteiger partial charge in [0.25, 0.3) is 5.91 Å². The van der Waals surface area contributed by atoms with Gasteiger partial charge >= 0.3 is 0 Å². The van der Waals surface area contributed by atoms with Crippen LogP contribution in [-0.4, -0.2) is 19.0 Å². The second-order valence-electron chi connectivity index (χ2n) is 6.06. The highest BCUT2D eigenvalue weighted by Gasteiger charge is 2.34. The van der Waals surface area contributed by atoms with Gasteiger partial charge in [-0.25, -0.2) is 4.39 Å². The molecule has 2 atom stereocenters. The molecule has 0 spiro atoms. The molecule has 23 heavy (non-hydrogen) atoms. The van der Waals surface area contributed by atoms with Gasteiger partial charge in [-0.05, 0) is 18.6 Å². The van der Waals surface area contributed by atoms with E-state index in [1.54, 1.807) is 34.4 Å². The number of likely N-dealkylation sites (N-methyl/N-ethyl adjacent to an activating group) is 1. The van der Waals surface area contributed by atoms with Crippen LogP contribution in [-0.2, 0) is 13.0 Å². The number of hydrogen-bond acceptors (Lipinski definition) is 3. The van der Waals surface area contributed by atoms with Crippen LogP contribution in [0.1, 0.15) is 39.5 Å². The van der Waals surface area contributed by atoms with E-state index >= 15 is 0 Å². The van der Waals surface area contributed by atoms with Crippen molar-refractivity contribution in [1.29, 1.82) is 0 Å². The predicted molar refractivity (Wildman–Crippen MR) is 88.3 cm³/mol. The van der Waals surface area contributed by atoms with Crippen LogP contribution in [0.25, 0.3) is 0 Å². The first kappa shape index (κ1) is 14.7. The number of carbonyl (C=O) groups excluding carboxylic acids is 1. The second-order valence-corrected chi connectivity index (χ2v) is 7.17. The van der Waals surface area contributed by atoms with E-state index in [2.05, 4.69) is 17.6 Å². The van der Waals surface area contributed by atoms with Crippen molar-refractivity contribution in [2.45, 2.75) is 26.1 Å². The van der Waals surface area contributed by atoms with Crippen LogP contribution >= 0.6 is 11.3 Å². The highest BCUT2D eigenvalue weighted by molar-refractivity contribution is 7.16. The molecular weight excluding hydrogens is 313 g/mol. The van der Waals surface area contributed by atoms with Crippen LogP contribution in [0.15, 0.2) is 24.3 Å². The SMILES string of the molecule is CC[NH+]1CCc2c(sc3c2C(=O)N[C@H](c2ccccc2F)N3)C1. The van der Waals surface area contributed by atoms with Crippen LogP contribution in [0.3, 0.4) is 0 Å². The molecule has 2 aliphatic rings. The van der Waals surface area contributed by atoms with E-state index in [4.69, 9.17) is 0 Å². The number of thiophene rings is 1. The molecule has 120 valence electrons. The third-order valence-electron chi connectivity index (χ3n) is 4.72. The van der Waals surface area contributed by atoms with Crippen LogP contribution in [0.5, 0.6) is 0 Å². The van der Waals surface area contributed by atoms with Crippen LogP contribution in [0.2, 0.25) is 0 Å². The minimum atomic E-state index is -0.508. The Kier molecular flexibility index (Phi) is 3.58. The van der Waals surface area contributed by atoms with Gasteiger partial charge in [0, 0.05) is 12.0 Å². The Morgan fingerprint density at radius 2 is 2.17 bits per heavy atom. The Bertz CT molecular complexity index is 773. The van der Waals surface area contributed by atoms with Crippen molar-refractivity contribution in [3.8, 4) is 0 Å². The maximum atomic E-state index is 14.0. The van der Waals surface area contributed by atoms with Crippen LogP contribution < -0.4 is 15.5 Å². The standard InChI is InChI=1S/C17H18FN3OS/c1-2-21-8-7-11-13(9-21)23-17-14(11)16(22)19-15(20-17)10-5-3-4-6-12(10)18/h3-6,15,20H,2,7-9H2,1H3,(H,19,22)/p+1/t15-/m0/s1. The summed E-state index contributed by atoms with van der Waals surface area (Å²) in [6.07, 6.45) is 0.426. The van der Waals surface area contributed by atoms with Gasteiger partial charge in [-0.2, -0.15) is 0 Å². The first-order valence-corrected chi connectivity index (χ1v) is 8.79. The third-order valence-corrected chi connectivity index (χ3v) is 5.89. The summed E-state index contributed by atoms with van der Waals surface area (Å²) in [6.45, 7) is 5.33. The van der Waals surface area contributed by atoms with E-state index in [0.717, 1.165) is 36.6 Å². The summed E-state index contributed by atoms with van der Waals surface area (Å²) < 4.78 is 14.0. The second kappa shape index (κ2) is 5.62. The summed E-state index contributed by atoms with van der Waals surface area (Å²) in [6, 6.07) is 6.56. The summed E-state index contributed by atoms with van der Waals surface area (Å²) in [5.74, 6) is -0.402. The smallest absolute Gasteiger partial charge is 0.256 e. The third kappa shape index (κ3) is 2.42. The zero-order valence-electron chi connectivity index (χ0n) is 12.9. The molecule has 1 aromatic carbocycles. The molecule has 0 aliphatic carbocycles. The molecule has 2 aliphatic heterocycles. The number of amides is 1. The molecule has 3 N–H and O–H groups in total. The van der Waals surface area contributed by atoms with Gasteiger partial charge in [-0.15, -0.1) is 11.3 Å². The summed E-state index contributed by atoms with van der Waals surface area (Å²) in [5.41, 5.74) is 2.42. The molecule has 0 fully saturated rings. The number of halogens is 1. The summed E-state index contributed by atoms with van der Waals surface area (Å²) in [7, 11) is 0. The topological polar surface area (TPSA) is 45.6 Å². The molecule has 2 aromatic rings. The number of quaternary nitrogens is 1. The molecule has 0 radical (unpaired) electrons. The Hall–Kier alpha value is -1.92. The zero-order chi connectivity index (χ0) is 16.0. The van der Waals surface area contributed by atoms with Crippen molar-refractivity contribution >= 4 is 22.2 Å². The van der Waals surface area contributed by atoms with Crippen molar-refractivity contribution in [2.24, 2.45) is 0 Å². The molecule has 0 bridgehead atoms. The maximum absolute atomic E-state index is 14.0. The maximum Gasteiger partial charge on any atom is 0.256 e. The fourth-order valence-corrected chi connectivity index (χ4v) is 4.76. The predicted octanol–water partition coefficient (Wildman–Crippen LogP) is 1.70. The van der Waals surface area contributed by atoms with Crippen molar-refractivity contribution in [1.82, 2.24) is 5.32 Å². The van der Waals surface area contributed by atoms with Crippen molar-refractivity contribution in [3.05, 3.63) is 51.7 Å². The number of nitrogens with one attached hydrogen (secondary N) is 3. The first-order chi connectivity index (χ1) is 11.2. The highest BCUT2D eigenvalue weighted by atomic mass is 32.1. The molecule has 6 heteroatoms. The molecule has 0 saturated carbocycles. The van der Waals surface area contributed by atoms with Crippen molar-refractivity contribution in [2.75, 3.05) is 18.4 Å². The molecular formula is C17H19FN3OS+. The van der Waals surface area contributed by atoms with Crippen molar-refractivity contribution in [3.63, 3.8) is 0 Å². The van der Waals surface area contributed by atoms with E-state index in [9.17, 15) is 9.18 Å². The van der Waals surface area contributed by atoms with E-state index in [1.165, 1.54) is 16.5 Å². The van der Waals surface area contributed by atoms with Gasteiger partial charge in [0.2, 0.25) is 0 Å². The van der Waals surface area contributed by atoms with Gasteiger partial charge in [0.1, 0.15) is 23.5 Å². The average molecular weight is 332 g/mol. The van der Waals surface area contributed by atoms with Crippen LogP contribution in [0, 0.1) is 5.82 Å². The Balaban J connectivity index is 1.69. The van der Waals surface area contributed by atoms with E-state index in [0.29, 0.717) is 5.56 Å². The molecule has 1 unspecified atom stereocenters. The van der Waals surface area contributed by atoms with Gasteiger partial charge in [0.15, 0.2) is 0 Å². The Morgan fingerprint density at radius 1 is 1.35 bits per heavy atom. The number of hydrogen-bond donors (Lipinski definition) is 3. The zero-order valence-corrected chi connectivity index (χ0v) is 13.7. The van der Waals surface area contributed by atoms with E-state index in [-0.39, 0.29) is 11.7 Å². The minimum Gasteiger partial charge on any atom is -0.353 e. The lowest BCUT2D eigenvalue weighted by atomic mass is 10.0. The van der Waals surface area contributed by atoms with Gasteiger partial charge in [0.05, 0.1) is 23.5 Å². The molecule has 0 saturated heterocycles. The minimum absolute atomic E-state index is 0.0931. The number of benzene rings is 1. The largest absolute Gasteiger partial charge is 0.353 e. The lowest BCUT2D eigenvalue weighted by Crippen LogP contribution is -3.11. The van der Waals surface area contributed by atoms with Gasteiger partial charge < -0.3 is 15.5 Å². The molecule has 4 nitrogen and oxygen atoms in total. The van der Waals surface area contributed by atoms with Crippen LogP contribution in [0.4, 0.5) is 9.39 Å². The lowest BCUT2D eigenvalue weighted by Gasteiger charge is -2.27.